The normalized spacial score (nSPS) is 12.4. The Kier molecular flexibility index (Phi) is 4.86. The SMILES string of the molecule is Cc1cc(F)ccc1CC(NN)c1ccc(F)c(Br)c1. The van der Waals surface area contributed by atoms with Crippen molar-refractivity contribution < 1.29 is 8.78 Å². The lowest BCUT2D eigenvalue weighted by Gasteiger charge is -2.18. The molecule has 0 saturated heterocycles. The van der Waals surface area contributed by atoms with Gasteiger partial charge in [-0.1, -0.05) is 12.1 Å². The second-order valence-corrected chi connectivity index (χ2v) is 5.52. The molecular formula is C15H15BrF2N2. The van der Waals surface area contributed by atoms with Gasteiger partial charge in [0.05, 0.1) is 10.5 Å². The van der Waals surface area contributed by atoms with Gasteiger partial charge in [0.2, 0.25) is 0 Å². The maximum atomic E-state index is 13.3. The zero-order valence-electron chi connectivity index (χ0n) is 11.0. The van der Waals surface area contributed by atoms with Gasteiger partial charge in [0.1, 0.15) is 11.6 Å². The van der Waals surface area contributed by atoms with Crippen LogP contribution in [-0.2, 0) is 6.42 Å². The molecule has 0 aliphatic heterocycles. The lowest BCUT2D eigenvalue weighted by atomic mass is 9.96. The van der Waals surface area contributed by atoms with Crippen LogP contribution in [0.5, 0.6) is 0 Å². The van der Waals surface area contributed by atoms with Crippen molar-refractivity contribution >= 4 is 15.9 Å². The number of hydrogen-bond acceptors (Lipinski definition) is 2. The lowest BCUT2D eigenvalue weighted by molar-refractivity contribution is 0.546. The van der Waals surface area contributed by atoms with Gasteiger partial charge in [-0.2, -0.15) is 0 Å². The first-order valence-electron chi connectivity index (χ1n) is 6.17. The van der Waals surface area contributed by atoms with Gasteiger partial charge >= 0.3 is 0 Å². The summed E-state index contributed by atoms with van der Waals surface area (Å²) in [6.07, 6.45) is 0.598. The number of halogens is 3. The van der Waals surface area contributed by atoms with Gasteiger partial charge in [0, 0.05) is 0 Å². The van der Waals surface area contributed by atoms with Gasteiger partial charge in [-0.3, -0.25) is 11.3 Å². The highest BCUT2D eigenvalue weighted by molar-refractivity contribution is 9.10. The third-order valence-corrected chi connectivity index (χ3v) is 3.88. The summed E-state index contributed by atoms with van der Waals surface area (Å²) in [5.74, 6) is 5.01. The van der Waals surface area contributed by atoms with E-state index in [0.717, 1.165) is 16.7 Å². The highest BCUT2D eigenvalue weighted by Gasteiger charge is 2.14. The summed E-state index contributed by atoms with van der Waals surface area (Å²) in [5.41, 5.74) is 5.45. The molecule has 0 aromatic heterocycles. The van der Waals surface area contributed by atoms with Crippen LogP contribution in [-0.4, -0.2) is 0 Å². The molecule has 2 aromatic rings. The van der Waals surface area contributed by atoms with Crippen LogP contribution < -0.4 is 11.3 Å². The van der Waals surface area contributed by atoms with E-state index < -0.39 is 0 Å². The molecule has 0 aliphatic carbocycles. The standard InChI is InChI=1S/C15H15BrF2N2/c1-9-6-12(17)4-2-10(9)8-15(20-19)11-3-5-14(18)13(16)7-11/h2-7,15,20H,8,19H2,1H3. The Labute approximate surface area is 125 Å². The van der Waals surface area contributed by atoms with Crippen LogP contribution in [0.2, 0.25) is 0 Å². The second kappa shape index (κ2) is 6.43. The van der Waals surface area contributed by atoms with E-state index in [9.17, 15) is 8.78 Å². The number of hydrazine groups is 1. The Morgan fingerprint density at radius 1 is 1.20 bits per heavy atom. The van der Waals surface area contributed by atoms with E-state index in [2.05, 4.69) is 21.4 Å². The van der Waals surface area contributed by atoms with E-state index in [4.69, 9.17) is 5.84 Å². The fourth-order valence-electron chi connectivity index (χ4n) is 2.11. The molecule has 2 rings (SSSR count). The molecule has 0 aliphatic rings. The van der Waals surface area contributed by atoms with Crippen LogP contribution >= 0.6 is 15.9 Å². The van der Waals surface area contributed by atoms with Crippen molar-refractivity contribution in [3.8, 4) is 0 Å². The fraction of sp³-hybridized carbons (Fsp3) is 0.200. The van der Waals surface area contributed by atoms with Gasteiger partial charge in [-0.15, -0.1) is 0 Å². The molecule has 106 valence electrons. The third kappa shape index (κ3) is 3.42. The molecule has 0 spiro atoms. The minimum absolute atomic E-state index is 0.170. The Morgan fingerprint density at radius 3 is 2.55 bits per heavy atom. The lowest BCUT2D eigenvalue weighted by Crippen LogP contribution is -2.29. The van der Waals surface area contributed by atoms with Gasteiger partial charge in [-0.25, -0.2) is 8.78 Å². The average Bonchev–Trinajstić information content (AvgIpc) is 2.41. The molecule has 1 unspecified atom stereocenters. The van der Waals surface area contributed by atoms with Crippen LogP contribution in [0.15, 0.2) is 40.9 Å². The van der Waals surface area contributed by atoms with Gasteiger partial charge in [-0.05, 0) is 70.2 Å². The Hall–Kier alpha value is -1.30. The van der Waals surface area contributed by atoms with E-state index in [1.807, 2.05) is 6.92 Å². The molecular weight excluding hydrogens is 326 g/mol. The largest absolute Gasteiger partial charge is 0.271 e. The molecule has 0 heterocycles. The molecule has 1 atom stereocenters. The Balaban J connectivity index is 2.26. The first kappa shape index (κ1) is 15.1. The van der Waals surface area contributed by atoms with Crippen LogP contribution in [0.1, 0.15) is 22.7 Å². The predicted octanol–water partition coefficient (Wildman–Crippen LogP) is 3.78. The summed E-state index contributed by atoms with van der Waals surface area (Å²) in [7, 11) is 0. The highest BCUT2D eigenvalue weighted by atomic mass is 79.9. The molecule has 0 amide bonds. The topological polar surface area (TPSA) is 38.0 Å². The van der Waals surface area contributed by atoms with E-state index in [-0.39, 0.29) is 17.7 Å². The van der Waals surface area contributed by atoms with Crippen molar-refractivity contribution in [2.45, 2.75) is 19.4 Å². The smallest absolute Gasteiger partial charge is 0.137 e. The van der Waals surface area contributed by atoms with Gasteiger partial charge in [0.25, 0.3) is 0 Å². The monoisotopic (exact) mass is 340 g/mol. The molecule has 2 nitrogen and oxygen atoms in total. The molecule has 0 bridgehead atoms. The summed E-state index contributed by atoms with van der Waals surface area (Å²) in [5, 5.41) is 0. The number of nitrogens with two attached hydrogens (primary N) is 1. The fourth-order valence-corrected chi connectivity index (χ4v) is 2.51. The summed E-state index contributed by atoms with van der Waals surface area (Å²) in [6.45, 7) is 1.85. The van der Waals surface area contributed by atoms with Crippen molar-refractivity contribution in [1.29, 1.82) is 0 Å². The van der Waals surface area contributed by atoms with Crippen molar-refractivity contribution in [3.05, 3.63) is 69.2 Å². The number of nitrogens with one attached hydrogen (secondary N) is 1. The number of benzene rings is 2. The maximum absolute atomic E-state index is 13.3. The molecule has 0 radical (unpaired) electrons. The molecule has 5 heteroatoms. The summed E-state index contributed by atoms with van der Waals surface area (Å²) < 4.78 is 26.8. The van der Waals surface area contributed by atoms with Crippen LogP contribution in [0, 0.1) is 18.6 Å². The molecule has 0 fully saturated rings. The van der Waals surface area contributed by atoms with Crippen LogP contribution in [0.4, 0.5) is 8.78 Å². The quantitative estimate of drug-likeness (QED) is 0.656. The molecule has 0 saturated carbocycles. The highest BCUT2D eigenvalue weighted by Crippen LogP contribution is 2.24. The Bertz CT molecular complexity index is 617. The zero-order valence-corrected chi connectivity index (χ0v) is 12.5. The average molecular weight is 341 g/mol. The van der Waals surface area contributed by atoms with E-state index >= 15 is 0 Å². The van der Waals surface area contributed by atoms with Crippen molar-refractivity contribution in [2.75, 3.05) is 0 Å². The Morgan fingerprint density at radius 2 is 1.95 bits per heavy atom. The minimum atomic E-state index is -0.317. The van der Waals surface area contributed by atoms with Crippen LogP contribution in [0.3, 0.4) is 0 Å². The number of hydrogen-bond donors (Lipinski definition) is 2. The molecule has 3 N–H and O–H groups in total. The van der Waals surface area contributed by atoms with Crippen molar-refractivity contribution in [1.82, 2.24) is 5.43 Å². The maximum Gasteiger partial charge on any atom is 0.137 e. The summed E-state index contributed by atoms with van der Waals surface area (Å²) in [4.78, 5) is 0. The minimum Gasteiger partial charge on any atom is -0.271 e. The first-order chi connectivity index (χ1) is 9.51. The second-order valence-electron chi connectivity index (χ2n) is 4.67. The van der Waals surface area contributed by atoms with Crippen LogP contribution in [0.25, 0.3) is 0 Å². The summed E-state index contributed by atoms with van der Waals surface area (Å²) >= 11 is 3.16. The number of rotatable bonds is 4. The molecule has 2 aromatic carbocycles. The first-order valence-corrected chi connectivity index (χ1v) is 6.96. The predicted molar refractivity (Wildman–Crippen MR) is 79.0 cm³/mol. The van der Waals surface area contributed by atoms with E-state index in [1.54, 1.807) is 18.2 Å². The third-order valence-electron chi connectivity index (χ3n) is 3.28. The van der Waals surface area contributed by atoms with Gasteiger partial charge < -0.3 is 0 Å². The number of aryl methyl sites for hydroxylation is 1. The van der Waals surface area contributed by atoms with Crippen molar-refractivity contribution in [3.63, 3.8) is 0 Å². The van der Waals surface area contributed by atoms with Gasteiger partial charge in [0.15, 0.2) is 0 Å². The molecule has 20 heavy (non-hydrogen) atoms. The van der Waals surface area contributed by atoms with Crippen molar-refractivity contribution in [2.24, 2.45) is 5.84 Å². The van der Waals surface area contributed by atoms with E-state index in [1.165, 1.54) is 18.2 Å². The summed E-state index contributed by atoms with van der Waals surface area (Å²) in [6, 6.07) is 9.26. The zero-order chi connectivity index (χ0) is 14.7. The van der Waals surface area contributed by atoms with E-state index in [0.29, 0.717) is 10.9 Å².